The van der Waals surface area contributed by atoms with E-state index in [0.717, 1.165) is 12.5 Å². The number of aliphatic imine (C=N–C) groups is 1. The number of sulfone groups is 1. The van der Waals surface area contributed by atoms with Crippen molar-refractivity contribution in [2.45, 2.75) is 6.54 Å². The van der Waals surface area contributed by atoms with Gasteiger partial charge in [0.25, 0.3) is 0 Å². The van der Waals surface area contributed by atoms with Crippen molar-refractivity contribution in [1.82, 2.24) is 10.2 Å². The Bertz CT molecular complexity index is 559. The quantitative estimate of drug-likeness (QED) is 0.433. The van der Waals surface area contributed by atoms with Crippen molar-refractivity contribution >= 4 is 15.8 Å². The fraction of sp³-hybridized carbons (Fsp3) is 0.533. The van der Waals surface area contributed by atoms with Crippen molar-refractivity contribution < 1.29 is 13.2 Å². The van der Waals surface area contributed by atoms with Gasteiger partial charge in [-0.2, -0.15) is 0 Å². The number of guanidine groups is 1. The zero-order valence-electron chi connectivity index (χ0n) is 13.4. The maximum absolute atomic E-state index is 11.0. The highest BCUT2D eigenvalue weighted by Crippen LogP contribution is 2.02. The highest BCUT2D eigenvalue weighted by molar-refractivity contribution is 7.90. The first-order chi connectivity index (χ1) is 10.4. The van der Waals surface area contributed by atoms with E-state index in [9.17, 15) is 8.42 Å². The van der Waals surface area contributed by atoms with Crippen LogP contribution in [0.2, 0.25) is 0 Å². The first-order valence-corrected chi connectivity index (χ1v) is 9.19. The molecule has 22 heavy (non-hydrogen) atoms. The lowest BCUT2D eigenvalue weighted by Crippen LogP contribution is -2.40. The minimum atomic E-state index is -2.96. The molecule has 6 nitrogen and oxygen atoms in total. The van der Waals surface area contributed by atoms with Crippen LogP contribution in [0.25, 0.3) is 0 Å². The topological polar surface area (TPSA) is 71.0 Å². The van der Waals surface area contributed by atoms with E-state index >= 15 is 0 Å². The Morgan fingerprint density at radius 3 is 2.55 bits per heavy atom. The van der Waals surface area contributed by atoms with Crippen molar-refractivity contribution in [1.29, 1.82) is 0 Å². The summed E-state index contributed by atoms with van der Waals surface area (Å²) in [6.45, 7) is 2.00. The van der Waals surface area contributed by atoms with Gasteiger partial charge in [-0.25, -0.2) is 8.42 Å². The fourth-order valence-electron chi connectivity index (χ4n) is 1.86. The second-order valence-electron chi connectivity index (χ2n) is 5.06. The van der Waals surface area contributed by atoms with Crippen molar-refractivity contribution in [3.63, 3.8) is 0 Å². The van der Waals surface area contributed by atoms with Crippen LogP contribution >= 0.6 is 0 Å². The number of nitrogens with zero attached hydrogens (tertiary/aromatic N) is 2. The lowest BCUT2D eigenvalue weighted by molar-refractivity contribution is 0.153. The third-order valence-corrected chi connectivity index (χ3v) is 3.87. The maximum Gasteiger partial charge on any atom is 0.193 e. The Hall–Kier alpha value is -1.60. The van der Waals surface area contributed by atoms with Crippen LogP contribution in [0, 0.1) is 0 Å². The van der Waals surface area contributed by atoms with Gasteiger partial charge in [0.1, 0.15) is 9.84 Å². The molecule has 1 rings (SSSR count). The van der Waals surface area contributed by atoms with E-state index in [1.165, 1.54) is 11.8 Å². The Labute approximate surface area is 133 Å². The third kappa shape index (κ3) is 7.99. The number of hydrogen-bond donors (Lipinski definition) is 1. The Balaban J connectivity index is 2.27. The molecule has 124 valence electrons. The zero-order valence-corrected chi connectivity index (χ0v) is 14.3. The molecule has 0 radical (unpaired) electrons. The van der Waals surface area contributed by atoms with E-state index in [-0.39, 0.29) is 12.4 Å². The minimum Gasteiger partial charge on any atom is -0.379 e. The highest BCUT2D eigenvalue weighted by Gasteiger charge is 2.06. The van der Waals surface area contributed by atoms with Crippen molar-refractivity contribution in [3.05, 3.63) is 35.9 Å². The van der Waals surface area contributed by atoms with Crippen LogP contribution < -0.4 is 5.32 Å². The van der Waals surface area contributed by atoms with E-state index < -0.39 is 9.84 Å². The molecule has 0 unspecified atom stereocenters. The van der Waals surface area contributed by atoms with Crippen LogP contribution in [-0.2, 0) is 21.1 Å². The molecule has 0 amide bonds. The fourth-order valence-corrected chi connectivity index (χ4v) is 2.28. The molecule has 0 aliphatic carbocycles. The van der Waals surface area contributed by atoms with Gasteiger partial charge in [-0.1, -0.05) is 30.3 Å². The molecule has 0 aliphatic rings. The van der Waals surface area contributed by atoms with Gasteiger partial charge >= 0.3 is 0 Å². The predicted molar refractivity (Wildman–Crippen MR) is 89.8 cm³/mol. The van der Waals surface area contributed by atoms with Crippen LogP contribution in [0.4, 0.5) is 0 Å². The second-order valence-corrected chi connectivity index (χ2v) is 7.32. The van der Waals surface area contributed by atoms with Crippen LogP contribution in [0.15, 0.2) is 35.3 Å². The summed E-state index contributed by atoms with van der Waals surface area (Å²) in [5.74, 6) is 0.825. The van der Waals surface area contributed by atoms with Crippen molar-refractivity contribution in [3.8, 4) is 0 Å². The monoisotopic (exact) mass is 327 g/mol. The Morgan fingerprint density at radius 1 is 1.27 bits per heavy atom. The molecule has 0 fully saturated rings. The molecule has 0 aliphatic heterocycles. The molecule has 7 heteroatoms. The van der Waals surface area contributed by atoms with Crippen LogP contribution in [0.3, 0.4) is 0 Å². The number of benzene rings is 1. The summed E-state index contributed by atoms with van der Waals surface area (Å²) in [7, 11) is 0.738. The van der Waals surface area contributed by atoms with Crippen molar-refractivity contribution in [2.75, 3.05) is 45.9 Å². The van der Waals surface area contributed by atoms with E-state index in [4.69, 9.17) is 4.74 Å². The predicted octanol–water partition coefficient (Wildman–Crippen LogP) is 0.755. The summed E-state index contributed by atoms with van der Waals surface area (Å²) in [4.78, 5) is 6.24. The normalized spacial score (nSPS) is 12.2. The van der Waals surface area contributed by atoms with Gasteiger partial charge in [0.2, 0.25) is 0 Å². The lowest BCUT2D eigenvalue weighted by atomic mass is 10.2. The SMILES string of the molecule is CN=C(NCCOCCS(C)(=O)=O)N(C)Cc1ccccc1. The van der Waals surface area contributed by atoms with Gasteiger partial charge in [-0.3, -0.25) is 4.99 Å². The Morgan fingerprint density at radius 2 is 1.95 bits per heavy atom. The summed E-state index contributed by atoms with van der Waals surface area (Å²) >= 11 is 0. The van der Waals surface area contributed by atoms with Gasteiger partial charge in [0.05, 0.1) is 19.0 Å². The van der Waals surface area contributed by atoms with E-state index in [1.807, 2.05) is 30.1 Å². The zero-order chi connectivity index (χ0) is 16.4. The highest BCUT2D eigenvalue weighted by atomic mass is 32.2. The molecular formula is C15H25N3O3S. The molecular weight excluding hydrogens is 302 g/mol. The van der Waals surface area contributed by atoms with Gasteiger partial charge in [-0.05, 0) is 5.56 Å². The average molecular weight is 327 g/mol. The summed E-state index contributed by atoms with van der Waals surface area (Å²) < 4.78 is 27.2. The van der Waals surface area contributed by atoms with Crippen molar-refractivity contribution in [2.24, 2.45) is 4.99 Å². The number of hydrogen-bond acceptors (Lipinski definition) is 4. The van der Waals surface area contributed by atoms with Gasteiger partial charge in [-0.15, -0.1) is 0 Å². The van der Waals surface area contributed by atoms with Crippen LogP contribution in [0.5, 0.6) is 0 Å². The number of ether oxygens (including phenoxy) is 1. The van der Waals surface area contributed by atoms with E-state index in [1.54, 1.807) is 7.05 Å². The molecule has 0 heterocycles. The summed E-state index contributed by atoms with van der Waals surface area (Å²) in [6.07, 6.45) is 1.20. The largest absolute Gasteiger partial charge is 0.379 e. The molecule has 0 saturated heterocycles. The van der Waals surface area contributed by atoms with Gasteiger partial charge < -0.3 is 15.0 Å². The summed E-state index contributed by atoms with van der Waals surface area (Å²) in [6, 6.07) is 10.1. The van der Waals surface area contributed by atoms with E-state index in [0.29, 0.717) is 13.2 Å². The molecule has 0 spiro atoms. The number of rotatable bonds is 8. The standard InChI is InChI=1S/C15H25N3O3S/c1-16-15(17-9-10-21-11-12-22(3,19)20)18(2)13-14-7-5-4-6-8-14/h4-8H,9-13H2,1-3H3,(H,16,17). The van der Waals surface area contributed by atoms with Gasteiger partial charge in [0.15, 0.2) is 5.96 Å². The Kier molecular flexibility index (Phi) is 7.90. The van der Waals surface area contributed by atoms with Crippen LogP contribution in [0.1, 0.15) is 5.56 Å². The van der Waals surface area contributed by atoms with Crippen LogP contribution in [-0.4, -0.2) is 65.1 Å². The molecule has 1 aromatic rings. The third-order valence-electron chi connectivity index (χ3n) is 2.96. The molecule has 1 N–H and O–H groups in total. The van der Waals surface area contributed by atoms with Gasteiger partial charge in [0, 0.05) is 33.4 Å². The molecule has 1 aromatic carbocycles. The molecule has 0 aromatic heterocycles. The molecule has 0 saturated carbocycles. The maximum atomic E-state index is 11.0. The lowest BCUT2D eigenvalue weighted by Gasteiger charge is -2.22. The van der Waals surface area contributed by atoms with E-state index in [2.05, 4.69) is 22.4 Å². The minimum absolute atomic E-state index is 0.0512. The summed E-state index contributed by atoms with van der Waals surface area (Å²) in [5, 5.41) is 3.19. The first-order valence-electron chi connectivity index (χ1n) is 7.13. The smallest absolute Gasteiger partial charge is 0.193 e. The molecule has 0 bridgehead atoms. The number of nitrogens with one attached hydrogen (secondary N) is 1. The average Bonchev–Trinajstić information content (AvgIpc) is 2.46. The second kappa shape index (κ2) is 9.42. The summed E-state index contributed by atoms with van der Waals surface area (Å²) in [5.41, 5.74) is 1.21. The first kappa shape index (κ1) is 18.4. The molecule has 0 atom stereocenters.